The number of carboxylic acid groups (broad SMARTS) is 1. The molecule has 78 valence electrons. The fourth-order valence-corrected chi connectivity index (χ4v) is 1.20. The Kier molecular flexibility index (Phi) is 10.0. The molecular formula is C7H13O5RbS. The van der Waals surface area contributed by atoms with Crippen LogP contribution in [0.1, 0.15) is 21.2 Å². The maximum atomic E-state index is 10.3. The molecule has 14 heavy (non-hydrogen) atoms. The normalized spacial score (nSPS) is 12.0. The van der Waals surface area contributed by atoms with Crippen molar-refractivity contribution in [2.45, 2.75) is 19.8 Å². The Morgan fingerprint density at radius 2 is 2.00 bits per heavy atom. The van der Waals surface area contributed by atoms with Gasteiger partial charge in [-0.2, -0.15) is 8.42 Å². The molecule has 0 unspecified atom stereocenters. The van der Waals surface area contributed by atoms with Crippen LogP contribution in [0.15, 0.2) is 11.6 Å². The smallest absolute Gasteiger partial charge is 1.00 e. The van der Waals surface area contributed by atoms with Crippen LogP contribution in [0, 0.1) is 0 Å². The Bertz CT molecular complexity index is 311. The maximum Gasteiger partial charge on any atom is 1.00 e. The third kappa shape index (κ3) is 11.0. The van der Waals surface area contributed by atoms with E-state index >= 15 is 0 Å². The molecule has 0 fully saturated rings. The second-order valence-electron chi connectivity index (χ2n) is 2.62. The molecule has 0 saturated carbocycles. The van der Waals surface area contributed by atoms with Gasteiger partial charge in [0.25, 0.3) is 10.1 Å². The zero-order chi connectivity index (χ0) is 10.5. The van der Waals surface area contributed by atoms with Gasteiger partial charge in [0.15, 0.2) is 0 Å². The van der Waals surface area contributed by atoms with Crippen molar-refractivity contribution in [1.82, 2.24) is 0 Å². The molecule has 0 atom stereocenters. The first kappa shape index (κ1) is 17.3. The molecule has 0 aromatic carbocycles. The number of carbonyl (C=O) groups is 1. The van der Waals surface area contributed by atoms with Gasteiger partial charge in [0.2, 0.25) is 0 Å². The first-order chi connectivity index (χ1) is 5.83. The summed E-state index contributed by atoms with van der Waals surface area (Å²) < 4.78 is 28.8. The summed E-state index contributed by atoms with van der Waals surface area (Å²) in [5.41, 5.74) is 0.176. The number of unbranched alkanes of at least 4 members (excludes halogenated alkanes) is 1. The number of hydrogen-bond acceptors (Lipinski definition) is 3. The average molecular weight is 295 g/mol. The third-order valence-corrected chi connectivity index (χ3v) is 2.20. The second-order valence-corrected chi connectivity index (χ2v) is 4.19. The molecule has 5 nitrogen and oxygen atoms in total. The van der Waals surface area contributed by atoms with Crippen molar-refractivity contribution in [3.05, 3.63) is 11.6 Å². The van der Waals surface area contributed by atoms with Crippen molar-refractivity contribution in [3.8, 4) is 0 Å². The van der Waals surface area contributed by atoms with Crippen molar-refractivity contribution in [2.75, 3.05) is 5.75 Å². The molecule has 0 saturated heterocycles. The predicted molar refractivity (Wildman–Crippen MR) is 48.2 cm³/mol. The SMILES string of the molecule is CC(=CCCCS(=O)(=O)O)C(=O)O.[H-].[Rb+]. The van der Waals surface area contributed by atoms with Gasteiger partial charge in [0, 0.05) is 5.57 Å². The molecule has 0 spiro atoms. The van der Waals surface area contributed by atoms with Crippen LogP contribution >= 0.6 is 0 Å². The largest absolute Gasteiger partial charge is 1.00 e. The molecule has 0 aromatic heterocycles. The van der Waals surface area contributed by atoms with E-state index in [1.807, 2.05) is 0 Å². The molecule has 0 amide bonds. The Labute approximate surface area is 134 Å². The van der Waals surface area contributed by atoms with Crippen molar-refractivity contribution in [2.24, 2.45) is 0 Å². The van der Waals surface area contributed by atoms with Gasteiger partial charge >= 0.3 is 64.2 Å². The molecule has 0 heterocycles. The van der Waals surface area contributed by atoms with Crippen LogP contribution < -0.4 is 58.2 Å². The van der Waals surface area contributed by atoms with Crippen LogP contribution in [-0.4, -0.2) is 29.8 Å². The van der Waals surface area contributed by atoms with E-state index < -0.39 is 16.1 Å². The third-order valence-electron chi connectivity index (χ3n) is 1.39. The topological polar surface area (TPSA) is 91.7 Å². The molecule has 0 rings (SSSR count). The van der Waals surface area contributed by atoms with Gasteiger partial charge in [-0.1, -0.05) is 6.08 Å². The zero-order valence-electron chi connectivity index (χ0n) is 9.23. The summed E-state index contributed by atoms with van der Waals surface area (Å²) in [6.45, 7) is 1.43. The van der Waals surface area contributed by atoms with Crippen LogP contribution in [0.25, 0.3) is 0 Å². The van der Waals surface area contributed by atoms with Gasteiger partial charge in [-0.25, -0.2) is 4.79 Å². The van der Waals surface area contributed by atoms with Crippen LogP contribution in [0.3, 0.4) is 0 Å². The monoisotopic (exact) mass is 294 g/mol. The molecule has 0 aliphatic rings. The van der Waals surface area contributed by atoms with Gasteiger partial charge in [0.05, 0.1) is 5.75 Å². The number of rotatable bonds is 5. The van der Waals surface area contributed by atoms with Crippen LogP contribution in [0.5, 0.6) is 0 Å². The number of hydrogen-bond donors (Lipinski definition) is 2. The Morgan fingerprint density at radius 3 is 2.36 bits per heavy atom. The average Bonchev–Trinajstić information content (AvgIpc) is 1.95. The molecule has 0 aliphatic carbocycles. The Balaban J connectivity index is -0.000000720. The van der Waals surface area contributed by atoms with Crippen molar-refractivity contribution < 1.29 is 82.5 Å². The molecule has 0 bridgehead atoms. The van der Waals surface area contributed by atoms with E-state index in [9.17, 15) is 13.2 Å². The fraction of sp³-hybridized carbons (Fsp3) is 0.571. The number of allylic oxidation sites excluding steroid dienone is 1. The van der Waals surface area contributed by atoms with Crippen LogP contribution in [-0.2, 0) is 14.9 Å². The van der Waals surface area contributed by atoms with E-state index in [1.165, 1.54) is 13.0 Å². The zero-order valence-corrected chi connectivity index (χ0v) is 14.0. The van der Waals surface area contributed by atoms with Gasteiger partial charge < -0.3 is 6.53 Å². The summed E-state index contributed by atoms with van der Waals surface area (Å²) in [7, 11) is -3.92. The van der Waals surface area contributed by atoms with Crippen LogP contribution in [0.4, 0.5) is 0 Å². The van der Waals surface area contributed by atoms with E-state index in [-0.39, 0.29) is 77.4 Å². The summed E-state index contributed by atoms with van der Waals surface area (Å²) in [5, 5.41) is 8.41. The maximum absolute atomic E-state index is 10.3. The first-order valence-electron chi connectivity index (χ1n) is 3.68. The van der Waals surface area contributed by atoms with E-state index in [0.717, 1.165) is 0 Å². The summed E-state index contributed by atoms with van der Waals surface area (Å²) in [6, 6.07) is 0. The second kappa shape index (κ2) is 8.12. The summed E-state index contributed by atoms with van der Waals surface area (Å²) in [5.74, 6) is -1.36. The minimum Gasteiger partial charge on any atom is -1.00 e. The van der Waals surface area contributed by atoms with Crippen molar-refractivity contribution in [3.63, 3.8) is 0 Å². The molecule has 0 radical (unpaired) electrons. The summed E-state index contributed by atoms with van der Waals surface area (Å²) in [6.07, 6.45) is 1.98. The van der Waals surface area contributed by atoms with Gasteiger partial charge in [0.1, 0.15) is 0 Å². The van der Waals surface area contributed by atoms with Gasteiger partial charge in [-0.3, -0.25) is 4.55 Å². The Morgan fingerprint density at radius 1 is 1.50 bits per heavy atom. The van der Waals surface area contributed by atoms with Crippen LogP contribution in [0.2, 0.25) is 0 Å². The predicted octanol–water partition coefficient (Wildman–Crippen LogP) is -2.20. The van der Waals surface area contributed by atoms with E-state index in [1.54, 1.807) is 0 Å². The van der Waals surface area contributed by atoms with Crippen molar-refractivity contribution in [1.29, 1.82) is 0 Å². The molecule has 0 aromatic rings. The fourth-order valence-electron chi connectivity index (χ4n) is 0.672. The van der Waals surface area contributed by atoms with E-state index in [4.69, 9.17) is 9.66 Å². The summed E-state index contributed by atoms with van der Waals surface area (Å²) in [4.78, 5) is 10.3. The molecule has 0 aliphatic heterocycles. The number of carboxylic acids is 1. The number of aliphatic carboxylic acids is 1. The Hall–Kier alpha value is 0.925. The van der Waals surface area contributed by atoms with E-state index in [0.29, 0.717) is 6.42 Å². The van der Waals surface area contributed by atoms with Gasteiger partial charge in [-0.15, -0.1) is 0 Å². The standard InChI is InChI=1S/C7H12O5S.Rb.H/c1-6(7(8)9)4-2-3-5-13(10,11)12;;/h4H,2-3,5H2,1H3,(H,8,9)(H,10,11,12);;/q;+1;-1. The van der Waals surface area contributed by atoms with E-state index in [2.05, 4.69) is 0 Å². The van der Waals surface area contributed by atoms with Gasteiger partial charge in [-0.05, 0) is 19.8 Å². The summed E-state index contributed by atoms with van der Waals surface area (Å²) >= 11 is 0. The quantitative estimate of drug-likeness (QED) is 0.341. The van der Waals surface area contributed by atoms with Crippen molar-refractivity contribution >= 4 is 16.1 Å². The molecular weight excluding hydrogens is 282 g/mol. The molecule has 7 heteroatoms. The first-order valence-corrected chi connectivity index (χ1v) is 5.29. The molecule has 2 N–H and O–H groups in total. The minimum absolute atomic E-state index is 0. The minimum atomic E-state index is -3.92.